The molecular weight excluding hydrogens is 448 g/mol. The zero-order valence-corrected chi connectivity index (χ0v) is 19.1. The number of carbonyl (C=O) groups excluding carboxylic acids is 4. The fraction of sp³-hybridized carbons (Fsp3) is 0.391. The molecule has 1 aromatic rings. The van der Waals surface area contributed by atoms with Crippen LogP contribution in [-0.2, 0) is 48.3 Å². The van der Waals surface area contributed by atoms with Gasteiger partial charge < -0.3 is 34.7 Å². The molecule has 3 N–H and O–H groups in total. The van der Waals surface area contributed by atoms with Crippen LogP contribution >= 0.6 is 0 Å². The van der Waals surface area contributed by atoms with Crippen molar-refractivity contribution in [2.75, 3.05) is 38.9 Å². The number of para-hydroxylation sites is 1. The number of ether oxygens (including phenoxy) is 5. The molecule has 0 saturated carbocycles. The van der Waals surface area contributed by atoms with E-state index in [1.54, 1.807) is 38.1 Å². The van der Waals surface area contributed by atoms with Crippen molar-refractivity contribution in [2.45, 2.75) is 25.7 Å². The number of hydrogen-bond donors (Lipinski definition) is 2. The SMILES string of the molecule is CCOC(=O)CC1=C(C(=O)OCC)[C@@]2(C(=O)O1)C(C(=O)OCCOC)=C(N)Nc1ccccc12. The smallest absolute Gasteiger partial charge is 0.339 e. The molecule has 11 heteroatoms. The number of methoxy groups -OCH3 is 1. The Hall–Kier alpha value is -3.86. The first-order valence-corrected chi connectivity index (χ1v) is 10.6. The average Bonchev–Trinajstić information content (AvgIpc) is 3.06. The molecule has 0 saturated heterocycles. The van der Waals surface area contributed by atoms with Crippen LogP contribution in [0.3, 0.4) is 0 Å². The van der Waals surface area contributed by atoms with Gasteiger partial charge in [-0.05, 0) is 19.9 Å². The highest BCUT2D eigenvalue weighted by Gasteiger charge is 2.63. The normalized spacial score (nSPS) is 18.9. The third kappa shape index (κ3) is 4.21. The second-order valence-corrected chi connectivity index (χ2v) is 7.23. The number of nitrogens with two attached hydrogens (primary N) is 1. The van der Waals surface area contributed by atoms with E-state index in [2.05, 4.69) is 5.32 Å². The summed E-state index contributed by atoms with van der Waals surface area (Å²) in [6.07, 6.45) is -0.531. The summed E-state index contributed by atoms with van der Waals surface area (Å²) in [7, 11) is 1.43. The van der Waals surface area contributed by atoms with E-state index in [4.69, 9.17) is 29.4 Å². The van der Waals surface area contributed by atoms with Gasteiger partial charge in [-0.3, -0.25) is 4.79 Å². The van der Waals surface area contributed by atoms with Gasteiger partial charge in [-0.1, -0.05) is 18.2 Å². The predicted octanol–water partition coefficient (Wildman–Crippen LogP) is 1.04. The summed E-state index contributed by atoms with van der Waals surface area (Å²) in [4.78, 5) is 52.3. The fourth-order valence-electron chi connectivity index (χ4n) is 3.98. The quantitative estimate of drug-likeness (QED) is 0.300. The lowest BCUT2D eigenvalue weighted by atomic mass is 9.66. The van der Waals surface area contributed by atoms with Crippen LogP contribution < -0.4 is 11.1 Å². The first kappa shape index (κ1) is 24.8. The molecule has 0 amide bonds. The van der Waals surface area contributed by atoms with Crippen molar-refractivity contribution < 1.29 is 42.9 Å². The highest BCUT2D eigenvalue weighted by Crippen LogP contribution is 2.53. The van der Waals surface area contributed by atoms with Gasteiger partial charge in [-0.15, -0.1) is 0 Å². The number of esters is 4. The van der Waals surface area contributed by atoms with Gasteiger partial charge in [0.05, 0.1) is 19.8 Å². The Morgan fingerprint density at radius 2 is 1.68 bits per heavy atom. The van der Waals surface area contributed by atoms with Gasteiger partial charge in [0.1, 0.15) is 35.8 Å². The summed E-state index contributed by atoms with van der Waals surface area (Å²) in [5.41, 5.74) is 3.99. The van der Waals surface area contributed by atoms with E-state index < -0.39 is 35.7 Å². The van der Waals surface area contributed by atoms with E-state index in [-0.39, 0.29) is 54.7 Å². The summed E-state index contributed by atoms with van der Waals surface area (Å²) in [5.74, 6) is -4.13. The summed E-state index contributed by atoms with van der Waals surface area (Å²) >= 11 is 0. The molecular formula is C23H26N2O9. The Labute approximate surface area is 195 Å². The molecule has 0 unspecified atom stereocenters. The Morgan fingerprint density at radius 3 is 2.35 bits per heavy atom. The van der Waals surface area contributed by atoms with Crippen LogP contribution in [0.25, 0.3) is 0 Å². The van der Waals surface area contributed by atoms with Gasteiger partial charge in [-0.25, -0.2) is 14.4 Å². The molecule has 0 aliphatic carbocycles. The van der Waals surface area contributed by atoms with Crippen LogP contribution in [0.5, 0.6) is 0 Å². The highest BCUT2D eigenvalue weighted by atomic mass is 16.6. The number of hydrogen-bond acceptors (Lipinski definition) is 11. The molecule has 1 aromatic carbocycles. The van der Waals surface area contributed by atoms with Crippen LogP contribution in [0.15, 0.2) is 47.0 Å². The van der Waals surface area contributed by atoms with Crippen LogP contribution in [0, 0.1) is 0 Å². The van der Waals surface area contributed by atoms with Crippen molar-refractivity contribution in [3.05, 3.63) is 52.6 Å². The molecule has 0 bridgehead atoms. The van der Waals surface area contributed by atoms with Gasteiger partial charge in [-0.2, -0.15) is 0 Å². The summed E-state index contributed by atoms with van der Waals surface area (Å²) < 4.78 is 25.8. The van der Waals surface area contributed by atoms with E-state index in [9.17, 15) is 19.2 Å². The molecule has 11 nitrogen and oxygen atoms in total. The minimum atomic E-state index is -2.12. The third-order valence-electron chi connectivity index (χ3n) is 5.24. The van der Waals surface area contributed by atoms with E-state index in [0.717, 1.165) is 0 Å². The molecule has 0 radical (unpaired) electrons. The lowest BCUT2D eigenvalue weighted by Gasteiger charge is -2.35. The van der Waals surface area contributed by atoms with Crippen molar-refractivity contribution in [1.29, 1.82) is 0 Å². The van der Waals surface area contributed by atoms with E-state index in [1.807, 2.05) is 0 Å². The summed E-state index contributed by atoms with van der Waals surface area (Å²) in [6.45, 7) is 3.19. The summed E-state index contributed by atoms with van der Waals surface area (Å²) in [5, 5.41) is 2.87. The van der Waals surface area contributed by atoms with Crippen molar-refractivity contribution >= 4 is 29.6 Å². The van der Waals surface area contributed by atoms with Crippen LogP contribution in [0.4, 0.5) is 5.69 Å². The van der Waals surface area contributed by atoms with Crippen molar-refractivity contribution in [1.82, 2.24) is 0 Å². The number of benzene rings is 1. The average molecular weight is 474 g/mol. The zero-order valence-electron chi connectivity index (χ0n) is 19.1. The predicted molar refractivity (Wildman–Crippen MR) is 117 cm³/mol. The first-order chi connectivity index (χ1) is 16.3. The van der Waals surface area contributed by atoms with Crippen molar-refractivity contribution in [3.63, 3.8) is 0 Å². The monoisotopic (exact) mass is 474 g/mol. The maximum Gasteiger partial charge on any atom is 0.339 e. The van der Waals surface area contributed by atoms with Crippen LogP contribution in [0.2, 0.25) is 0 Å². The molecule has 1 spiro atoms. The fourth-order valence-corrected chi connectivity index (χ4v) is 3.98. The lowest BCUT2D eigenvalue weighted by Crippen LogP contribution is -2.48. The first-order valence-electron chi connectivity index (χ1n) is 10.6. The molecule has 34 heavy (non-hydrogen) atoms. The summed E-state index contributed by atoms with van der Waals surface area (Å²) in [6, 6.07) is 6.47. The minimum Gasteiger partial charge on any atom is -0.466 e. The zero-order chi connectivity index (χ0) is 24.9. The molecule has 2 heterocycles. The van der Waals surface area contributed by atoms with Crippen LogP contribution in [0.1, 0.15) is 25.8 Å². The van der Waals surface area contributed by atoms with Gasteiger partial charge in [0.2, 0.25) is 0 Å². The molecule has 1 atom stereocenters. The van der Waals surface area contributed by atoms with Crippen LogP contribution in [-0.4, -0.2) is 57.4 Å². The third-order valence-corrected chi connectivity index (χ3v) is 5.24. The number of cyclic esters (lactones) is 1. The molecule has 0 fully saturated rings. The molecule has 2 aliphatic rings. The van der Waals surface area contributed by atoms with E-state index in [1.165, 1.54) is 7.11 Å². The van der Waals surface area contributed by atoms with E-state index in [0.29, 0.717) is 5.69 Å². The Kier molecular flexibility index (Phi) is 7.57. The standard InChI is InChI=1S/C23H26N2O9/c1-4-31-16(26)12-15-17(20(27)32-5-2)23(22(29)34-15)13-8-6-7-9-14(13)25-19(24)18(23)21(28)33-11-10-30-3/h6-9,25H,4-5,10-12,24H2,1-3H3/t23-/m1/s1. The second-order valence-electron chi connectivity index (χ2n) is 7.23. The maximum absolute atomic E-state index is 13.6. The Bertz CT molecular complexity index is 1080. The van der Waals surface area contributed by atoms with Gasteiger partial charge in [0, 0.05) is 18.4 Å². The number of carbonyl (C=O) groups is 4. The molecule has 3 rings (SSSR count). The number of fused-ring (bicyclic) bond motifs is 2. The highest BCUT2D eigenvalue weighted by molar-refractivity contribution is 6.16. The molecule has 182 valence electrons. The lowest BCUT2D eigenvalue weighted by molar-refractivity contribution is -0.149. The van der Waals surface area contributed by atoms with Crippen molar-refractivity contribution in [2.24, 2.45) is 5.73 Å². The number of nitrogens with one attached hydrogen (secondary N) is 1. The van der Waals surface area contributed by atoms with Gasteiger partial charge >= 0.3 is 23.9 Å². The minimum absolute atomic E-state index is 0.0357. The van der Waals surface area contributed by atoms with Crippen molar-refractivity contribution in [3.8, 4) is 0 Å². The van der Waals surface area contributed by atoms with Gasteiger partial charge in [0.15, 0.2) is 5.41 Å². The maximum atomic E-state index is 13.6. The van der Waals surface area contributed by atoms with E-state index >= 15 is 0 Å². The molecule has 0 aromatic heterocycles. The topological polar surface area (TPSA) is 152 Å². The number of rotatable bonds is 9. The van der Waals surface area contributed by atoms with Gasteiger partial charge in [0.25, 0.3) is 0 Å². The second kappa shape index (κ2) is 10.4. The largest absolute Gasteiger partial charge is 0.466 e. The number of anilines is 1. The Balaban J connectivity index is 2.29. The Morgan fingerprint density at radius 1 is 1.00 bits per heavy atom. The molecule has 2 aliphatic heterocycles.